The van der Waals surface area contributed by atoms with Crippen molar-refractivity contribution in [3.63, 3.8) is 0 Å². The molecular weight excluding hydrogens is 383 g/mol. The van der Waals surface area contributed by atoms with Crippen molar-refractivity contribution in [2.45, 2.75) is 57.4 Å². The van der Waals surface area contributed by atoms with Gasteiger partial charge in [0.1, 0.15) is 11.6 Å². The number of benzene rings is 1. The maximum Gasteiger partial charge on any atom is 0.227 e. The van der Waals surface area contributed by atoms with Crippen LogP contribution in [0.25, 0.3) is 0 Å². The van der Waals surface area contributed by atoms with Gasteiger partial charge in [-0.15, -0.1) is 10.2 Å². The van der Waals surface area contributed by atoms with Crippen molar-refractivity contribution in [1.82, 2.24) is 19.7 Å². The molecule has 0 unspecified atom stereocenters. The number of hydrogen-bond acceptors (Lipinski definition) is 3. The Morgan fingerprint density at radius 1 is 1.07 bits per heavy atom. The molecule has 5 nitrogen and oxygen atoms in total. The highest BCUT2D eigenvalue weighted by molar-refractivity contribution is 6.42. The molecule has 2 aliphatic rings. The highest BCUT2D eigenvalue weighted by atomic mass is 35.5. The summed E-state index contributed by atoms with van der Waals surface area (Å²) in [5, 5.41) is 9.94. The Morgan fingerprint density at radius 2 is 1.96 bits per heavy atom. The van der Waals surface area contributed by atoms with Crippen molar-refractivity contribution in [3.8, 4) is 0 Å². The predicted octanol–water partition coefficient (Wildman–Crippen LogP) is 4.26. The molecule has 144 valence electrons. The van der Waals surface area contributed by atoms with Gasteiger partial charge in [-0.1, -0.05) is 35.7 Å². The van der Waals surface area contributed by atoms with Crippen LogP contribution in [0.2, 0.25) is 10.0 Å². The quantitative estimate of drug-likeness (QED) is 0.764. The standard InChI is InChI=1S/C20H24Cl2N4O/c21-16-8-7-14(11-17(16)22)12-19(27)25-9-4-5-15(13-25)20-24-23-18-6-2-1-3-10-26(18)20/h7-8,11,15H,1-6,9-10,12-13H2/t15-/m0/s1. The van der Waals surface area contributed by atoms with E-state index in [9.17, 15) is 4.79 Å². The Labute approximate surface area is 169 Å². The number of rotatable bonds is 3. The molecule has 1 amide bonds. The average molecular weight is 407 g/mol. The normalized spacial score (nSPS) is 20.2. The van der Waals surface area contributed by atoms with Crippen molar-refractivity contribution in [2.75, 3.05) is 13.1 Å². The van der Waals surface area contributed by atoms with Gasteiger partial charge in [0, 0.05) is 32.0 Å². The summed E-state index contributed by atoms with van der Waals surface area (Å²) in [6.07, 6.45) is 7.05. The molecule has 0 spiro atoms. The fraction of sp³-hybridized carbons (Fsp3) is 0.550. The molecule has 0 N–H and O–H groups in total. The lowest BCUT2D eigenvalue weighted by Gasteiger charge is -2.32. The van der Waals surface area contributed by atoms with Gasteiger partial charge in [-0.3, -0.25) is 4.79 Å². The molecule has 4 rings (SSSR count). The van der Waals surface area contributed by atoms with Gasteiger partial charge in [0.05, 0.1) is 16.5 Å². The summed E-state index contributed by atoms with van der Waals surface area (Å²) in [5.74, 6) is 2.59. The zero-order valence-corrected chi connectivity index (χ0v) is 16.8. The second-order valence-corrected chi connectivity index (χ2v) is 8.36. The monoisotopic (exact) mass is 406 g/mol. The molecule has 27 heavy (non-hydrogen) atoms. The van der Waals surface area contributed by atoms with E-state index in [1.807, 2.05) is 11.0 Å². The number of aromatic nitrogens is 3. The summed E-state index contributed by atoms with van der Waals surface area (Å²) >= 11 is 12.0. The van der Waals surface area contributed by atoms with E-state index in [4.69, 9.17) is 23.2 Å². The molecule has 0 saturated carbocycles. The summed E-state index contributed by atoms with van der Waals surface area (Å²) in [6, 6.07) is 5.39. The Balaban J connectivity index is 1.45. The van der Waals surface area contributed by atoms with Gasteiger partial charge in [0.15, 0.2) is 0 Å². The van der Waals surface area contributed by atoms with E-state index >= 15 is 0 Å². The third-order valence-corrected chi connectivity index (χ3v) is 6.36. The van der Waals surface area contributed by atoms with E-state index in [-0.39, 0.29) is 11.8 Å². The van der Waals surface area contributed by atoms with Crippen LogP contribution in [0.15, 0.2) is 18.2 Å². The van der Waals surface area contributed by atoms with Crippen molar-refractivity contribution >= 4 is 29.1 Å². The van der Waals surface area contributed by atoms with Crippen LogP contribution in [-0.4, -0.2) is 38.7 Å². The number of hydrogen-bond donors (Lipinski definition) is 0. The van der Waals surface area contributed by atoms with Crippen LogP contribution in [0, 0.1) is 0 Å². The second-order valence-electron chi connectivity index (χ2n) is 7.54. The second kappa shape index (κ2) is 8.19. The third kappa shape index (κ3) is 4.14. The molecule has 0 aliphatic carbocycles. The lowest BCUT2D eigenvalue weighted by molar-refractivity contribution is -0.131. The Morgan fingerprint density at radius 3 is 2.81 bits per heavy atom. The number of likely N-dealkylation sites (tertiary alicyclic amines) is 1. The van der Waals surface area contributed by atoms with E-state index in [1.165, 1.54) is 19.3 Å². The smallest absolute Gasteiger partial charge is 0.227 e. The molecule has 1 atom stereocenters. The van der Waals surface area contributed by atoms with Gasteiger partial charge in [-0.05, 0) is 43.4 Å². The van der Waals surface area contributed by atoms with Crippen LogP contribution in [0.1, 0.15) is 55.2 Å². The van der Waals surface area contributed by atoms with Gasteiger partial charge in [-0.2, -0.15) is 0 Å². The summed E-state index contributed by atoms with van der Waals surface area (Å²) in [5.41, 5.74) is 0.896. The largest absolute Gasteiger partial charge is 0.342 e. The molecule has 1 fully saturated rings. The Kier molecular flexibility index (Phi) is 5.69. The van der Waals surface area contributed by atoms with Gasteiger partial charge < -0.3 is 9.47 Å². The number of fused-ring (bicyclic) bond motifs is 1. The zero-order chi connectivity index (χ0) is 18.8. The summed E-state index contributed by atoms with van der Waals surface area (Å²) < 4.78 is 2.31. The van der Waals surface area contributed by atoms with Gasteiger partial charge in [0.25, 0.3) is 0 Å². The topological polar surface area (TPSA) is 51.0 Å². The Hall–Kier alpha value is -1.59. The van der Waals surface area contributed by atoms with Gasteiger partial charge in [0.2, 0.25) is 5.91 Å². The molecule has 3 heterocycles. The van der Waals surface area contributed by atoms with E-state index in [1.54, 1.807) is 12.1 Å². The first-order chi connectivity index (χ1) is 13.1. The fourth-order valence-corrected chi connectivity index (χ4v) is 4.48. The van der Waals surface area contributed by atoms with Crippen molar-refractivity contribution in [1.29, 1.82) is 0 Å². The van der Waals surface area contributed by atoms with E-state index < -0.39 is 0 Å². The number of aryl methyl sites for hydroxylation is 1. The first kappa shape index (κ1) is 18.8. The van der Waals surface area contributed by atoms with Crippen LogP contribution in [-0.2, 0) is 24.2 Å². The maximum atomic E-state index is 12.8. The van der Waals surface area contributed by atoms with Crippen molar-refractivity contribution in [3.05, 3.63) is 45.5 Å². The SMILES string of the molecule is O=C(Cc1ccc(Cl)c(Cl)c1)N1CCC[C@H](c2nnc3n2CCCCC3)C1. The highest BCUT2D eigenvalue weighted by Gasteiger charge is 2.29. The summed E-state index contributed by atoms with van der Waals surface area (Å²) in [4.78, 5) is 14.8. The number of amides is 1. The average Bonchev–Trinajstić information content (AvgIpc) is 2.93. The molecule has 0 bridgehead atoms. The molecule has 1 aromatic heterocycles. The number of carbonyl (C=O) groups excluding carboxylic acids is 1. The minimum absolute atomic E-state index is 0.133. The van der Waals surface area contributed by atoms with Crippen LogP contribution >= 0.6 is 23.2 Å². The number of carbonyl (C=O) groups is 1. The van der Waals surface area contributed by atoms with Crippen molar-refractivity contribution in [2.24, 2.45) is 0 Å². The minimum Gasteiger partial charge on any atom is -0.342 e. The Bertz CT molecular complexity index is 835. The van der Waals surface area contributed by atoms with E-state index in [0.29, 0.717) is 16.5 Å². The van der Waals surface area contributed by atoms with Crippen LogP contribution in [0.5, 0.6) is 0 Å². The van der Waals surface area contributed by atoms with Gasteiger partial charge in [-0.25, -0.2) is 0 Å². The van der Waals surface area contributed by atoms with Gasteiger partial charge >= 0.3 is 0 Å². The summed E-state index contributed by atoms with van der Waals surface area (Å²) in [7, 11) is 0. The molecule has 7 heteroatoms. The highest BCUT2D eigenvalue weighted by Crippen LogP contribution is 2.29. The number of nitrogens with zero attached hydrogens (tertiary/aromatic N) is 4. The van der Waals surface area contributed by atoms with Crippen molar-refractivity contribution < 1.29 is 4.79 Å². The molecular formula is C20H24Cl2N4O. The van der Waals surface area contributed by atoms with Crippen LogP contribution in [0.3, 0.4) is 0 Å². The number of piperidine rings is 1. The zero-order valence-electron chi connectivity index (χ0n) is 15.3. The molecule has 0 radical (unpaired) electrons. The maximum absolute atomic E-state index is 12.8. The fourth-order valence-electron chi connectivity index (χ4n) is 4.16. The molecule has 1 aromatic carbocycles. The first-order valence-electron chi connectivity index (χ1n) is 9.75. The van der Waals surface area contributed by atoms with E-state index in [2.05, 4.69) is 14.8 Å². The summed E-state index contributed by atoms with van der Waals surface area (Å²) in [6.45, 7) is 2.53. The van der Waals surface area contributed by atoms with E-state index in [0.717, 1.165) is 56.1 Å². The lowest BCUT2D eigenvalue weighted by Crippen LogP contribution is -2.40. The van der Waals surface area contributed by atoms with Crippen LogP contribution in [0.4, 0.5) is 0 Å². The lowest BCUT2D eigenvalue weighted by atomic mass is 9.96. The molecule has 1 saturated heterocycles. The molecule has 2 aliphatic heterocycles. The van der Waals surface area contributed by atoms with Crippen LogP contribution < -0.4 is 0 Å². The number of halogens is 2. The predicted molar refractivity (Wildman–Crippen MR) is 106 cm³/mol. The third-order valence-electron chi connectivity index (χ3n) is 5.62. The first-order valence-corrected chi connectivity index (χ1v) is 10.5. The molecule has 2 aromatic rings. The minimum atomic E-state index is 0.133.